The number of hydrogen-bond donors (Lipinski definition) is 1. The average Bonchev–Trinajstić information content (AvgIpc) is 2.71. The highest BCUT2D eigenvalue weighted by atomic mass is 16.2. The Balaban J connectivity index is 1.39. The van der Waals surface area contributed by atoms with Crippen molar-refractivity contribution < 1.29 is 9.59 Å². The number of amides is 2. The molecular formula is C23H31N3O2. The van der Waals surface area contributed by atoms with Gasteiger partial charge in [0.2, 0.25) is 11.8 Å². The Morgan fingerprint density at radius 1 is 0.929 bits per heavy atom. The van der Waals surface area contributed by atoms with Crippen LogP contribution in [0.1, 0.15) is 38.2 Å². The number of nitrogens with one attached hydrogen (secondary N) is 1. The molecule has 0 atom stereocenters. The number of hydrogen-bond acceptors (Lipinski definition) is 3. The lowest BCUT2D eigenvalue weighted by Gasteiger charge is -2.35. The van der Waals surface area contributed by atoms with Gasteiger partial charge in [-0.25, -0.2) is 0 Å². The van der Waals surface area contributed by atoms with Crippen molar-refractivity contribution in [1.82, 2.24) is 15.1 Å². The van der Waals surface area contributed by atoms with E-state index in [4.69, 9.17) is 0 Å². The first-order valence-corrected chi connectivity index (χ1v) is 10.3. The van der Waals surface area contributed by atoms with E-state index in [0.29, 0.717) is 13.0 Å². The van der Waals surface area contributed by atoms with E-state index in [1.807, 2.05) is 4.90 Å². The predicted molar refractivity (Wildman–Crippen MR) is 113 cm³/mol. The normalized spacial score (nSPS) is 15.0. The lowest BCUT2D eigenvalue weighted by molar-refractivity contribution is -0.133. The topological polar surface area (TPSA) is 52.7 Å². The van der Waals surface area contributed by atoms with Gasteiger partial charge < -0.3 is 10.2 Å². The minimum absolute atomic E-state index is 0.0115. The third-order valence-electron chi connectivity index (χ3n) is 5.44. The summed E-state index contributed by atoms with van der Waals surface area (Å²) in [5.41, 5.74) is 1.36. The molecule has 1 saturated heterocycles. The molecule has 2 amide bonds. The Labute approximate surface area is 167 Å². The molecule has 1 aliphatic rings. The summed E-state index contributed by atoms with van der Waals surface area (Å²) in [6, 6.07) is 15.0. The molecule has 28 heavy (non-hydrogen) atoms. The Hall–Kier alpha value is -2.40. The first kappa shape index (κ1) is 20.3. The summed E-state index contributed by atoms with van der Waals surface area (Å²) >= 11 is 0. The maximum absolute atomic E-state index is 12.4. The molecule has 0 unspecified atom stereocenters. The molecule has 0 aliphatic carbocycles. The number of piperazine rings is 1. The van der Waals surface area contributed by atoms with E-state index in [-0.39, 0.29) is 11.8 Å². The van der Waals surface area contributed by atoms with Crippen LogP contribution >= 0.6 is 0 Å². The summed E-state index contributed by atoms with van der Waals surface area (Å²) in [4.78, 5) is 27.7. The van der Waals surface area contributed by atoms with Crippen LogP contribution in [0, 0.1) is 0 Å². The molecule has 0 spiro atoms. The van der Waals surface area contributed by atoms with Gasteiger partial charge in [0.15, 0.2) is 0 Å². The lowest BCUT2D eigenvalue weighted by Crippen LogP contribution is -2.48. The van der Waals surface area contributed by atoms with E-state index in [0.717, 1.165) is 52.0 Å². The summed E-state index contributed by atoms with van der Waals surface area (Å²) in [5.74, 6) is 0.279. The zero-order valence-corrected chi connectivity index (χ0v) is 16.8. The van der Waals surface area contributed by atoms with Gasteiger partial charge in [-0.2, -0.15) is 0 Å². The molecule has 1 heterocycles. The smallest absolute Gasteiger partial charge is 0.222 e. The fourth-order valence-electron chi connectivity index (χ4n) is 3.83. The van der Waals surface area contributed by atoms with Crippen LogP contribution in [0.15, 0.2) is 42.5 Å². The van der Waals surface area contributed by atoms with Gasteiger partial charge in [0.25, 0.3) is 0 Å². The van der Waals surface area contributed by atoms with Crippen LogP contribution in [0.2, 0.25) is 0 Å². The molecule has 150 valence electrons. The maximum Gasteiger partial charge on any atom is 0.222 e. The zero-order valence-electron chi connectivity index (χ0n) is 16.8. The second-order valence-corrected chi connectivity index (χ2v) is 7.59. The van der Waals surface area contributed by atoms with Crippen molar-refractivity contribution in [3.8, 4) is 0 Å². The van der Waals surface area contributed by atoms with Crippen molar-refractivity contribution in [1.29, 1.82) is 0 Å². The zero-order chi connectivity index (χ0) is 19.8. The average molecular weight is 382 g/mol. The Bertz CT molecular complexity index is 792. The second-order valence-electron chi connectivity index (χ2n) is 7.59. The summed E-state index contributed by atoms with van der Waals surface area (Å²) in [6.07, 6.45) is 3.43. The van der Waals surface area contributed by atoms with Crippen LogP contribution in [0.3, 0.4) is 0 Å². The summed E-state index contributed by atoms with van der Waals surface area (Å²) in [5, 5.41) is 5.40. The Kier molecular flexibility index (Phi) is 7.43. The summed E-state index contributed by atoms with van der Waals surface area (Å²) < 4.78 is 0. The van der Waals surface area contributed by atoms with Gasteiger partial charge in [-0.05, 0) is 29.2 Å². The minimum Gasteiger partial charge on any atom is -0.356 e. The van der Waals surface area contributed by atoms with E-state index >= 15 is 0 Å². The number of fused-ring (bicyclic) bond motifs is 1. The molecule has 2 aromatic rings. The van der Waals surface area contributed by atoms with E-state index in [1.54, 1.807) is 0 Å². The first-order chi connectivity index (χ1) is 13.6. The molecule has 0 bridgehead atoms. The van der Waals surface area contributed by atoms with Crippen LogP contribution in [0.4, 0.5) is 0 Å². The SMILES string of the molecule is CC(=O)NCCCCCC(=O)N1CCN(Cc2cccc3ccccc23)CC1. The lowest BCUT2D eigenvalue weighted by atomic mass is 10.0. The molecule has 5 nitrogen and oxygen atoms in total. The van der Waals surface area contributed by atoms with Gasteiger partial charge in [0, 0.05) is 52.6 Å². The van der Waals surface area contributed by atoms with E-state index in [1.165, 1.54) is 23.3 Å². The highest BCUT2D eigenvalue weighted by Gasteiger charge is 2.21. The number of benzene rings is 2. The van der Waals surface area contributed by atoms with Crippen LogP contribution in [0.5, 0.6) is 0 Å². The van der Waals surface area contributed by atoms with Crippen LogP contribution in [-0.4, -0.2) is 54.3 Å². The van der Waals surface area contributed by atoms with Gasteiger partial charge in [0.05, 0.1) is 0 Å². The molecule has 5 heteroatoms. The van der Waals surface area contributed by atoms with Crippen LogP contribution < -0.4 is 5.32 Å². The highest BCUT2D eigenvalue weighted by molar-refractivity contribution is 5.85. The van der Waals surface area contributed by atoms with E-state index < -0.39 is 0 Å². The molecule has 0 radical (unpaired) electrons. The van der Waals surface area contributed by atoms with Gasteiger partial charge in [-0.3, -0.25) is 14.5 Å². The molecule has 0 saturated carbocycles. The molecule has 3 rings (SSSR count). The van der Waals surface area contributed by atoms with Crippen molar-refractivity contribution in [2.24, 2.45) is 0 Å². The number of unbranched alkanes of at least 4 members (excludes halogenated alkanes) is 2. The second kappa shape index (κ2) is 10.2. The van der Waals surface area contributed by atoms with Crippen molar-refractivity contribution in [3.05, 3.63) is 48.0 Å². The van der Waals surface area contributed by atoms with Gasteiger partial charge in [-0.1, -0.05) is 48.9 Å². The van der Waals surface area contributed by atoms with E-state index in [9.17, 15) is 9.59 Å². The standard InChI is InChI=1S/C23H31N3O2/c1-19(27)24-13-6-2-3-12-23(28)26-16-14-25(15-17-26)18-21-10-7-9-20-8-4-5-11-22(20)21/h4-5,7-11H,2-3,6,12-18H2,1H3,(H,24,27). The van der Waals surface area contributed by atoms with Crippen molar-refractivity contribution >= 4 is 22.6 Å². The molecule has 1 N–H and O–H groups in total. The molecule has 2 aromatic carbocycles. The highest BCUT2D eigenvalue weighted by Crippen LogP contribution is 2.20. The van der Waals surface area contributed by atoms with Crippen LogP contribution in [-0.2, 0) is 16.1 Å². The number of carbonyl (C=O) groups is 2. The minimum atomic E-state index is 0.0115. The molecule has 0 aromatic heterocycles. The van der Waals surface area contributed by atoms with E-state index in [2.05, 4.69) is 52.7 Å². The molecular weight excluding hydrogens is 350 g/mol. The number of carbonyl (C=O) groups excluding carboxylic acids is 2. The number of nitrogens with zero attached hydrogens (tertiary/aromatic N) is 2. The van der Waals surface area contributed by atoms with Crippen molar-refractivity contribution in [2.75, 3.05) is 32.7 Å². The monoisotopic (exact) mass is 381 g/mol. The third-order valence-corrected chi connectivity index (χ3v) is 5.44. The quantitative estimate of drug-likeness (QED) is 0.715. The van der Waals surface area contributed by atoms with Crippen LogP contribution in [0.25, 0.3) is 10.8 Å². The first-order valence-electron chi connectivity index (χ1n) is 10.3. The largest absolute Gasteiger partial charge is 0.356 e. The summed E-state index contributed by atoms with van der Waals surface area (Å²) in [6.45, 7) is 6.66. The van der Waals surface area contributed by atoms with Gasteiger partial charge >= 0.3 is 0 Å². The molecule has 1 fully saturated rings. The van der Waals surface area contributed by atoms with Gasteiger partial charge in [-0.15, -0.1) is 0 Å². The predicted octanol–water partition coefficient (Wildman–Crippen LogP) is 3.18. The Morgan fingerprint density at radius 3 is 2.46 bits per heavy atom. The Morgan fingerprint density at radius 2 is 1.68 bits per heavy atom. The van der Waals surface area contributed by atoms with Crippen molar-refractivity contribution in [2.45, 2.75) is 39.2 Å². The van der Waals surface area contributed by atoms with Crippen molar-refractivity contribution in [3.63, 3.8) is 0 Å². The summed E-state index contributed by atoms with van der Waals surface area (Å²) in [7, 11) is 0. The maximum atomic E-state index is 12.4. The van der Waals surface area contributed by atoms with Gasteiger partial charge in [0.1, 0.15) is 0 Å². The fraction of sp³-hybridized carbons (Fsp3) is 0.478. The number of rotatable bonds is 8. The third kappa shape index (κ3) is 5.80. The molecule has 1 aliphatic heterocycles. The fourth-order valence-corrected chi connectivity index (χ4v) is 3.83.